The van der Waals surface area contributed by atoms with Gasteiger partial charge in [0.25, 0.3) is 0 Å². The predicted molar refractivity (Wildman–Crippen MR) is 41.1 cm³/mol. The van der Waals surface area contributed by atoms with E-state index in [1.807, 2.05) is 0 Å². The summed E-state index contributed by atoms with van der Waals surface area (Å²) >= 11 is 0. The maximum atomic E-state index is 10.8. The standard InChI is InChI=1S/C7H12N2O2/c1-6(8-2)5-9(3)7(10)11-4/h6H,5H2,1,3-4H3. The lowest BCUT2D eigenvalue weighted by atomic mass is 10.3. The zero-order valence-corrected chi connectivity index (χ0v) is 7.00. The maximum Gasteiger partial charge on any atom is 0.409 e. The molecule has 1 atom stereocenters. The van der Waals surface area contributed by atoms with Crippen LogP contribution in [0.25, 0.3) is 4.85 Å². The molecule has 0 aromatic heterocycles. The average Bonchev–Trinajstić information content (AvgIpc) is 2.02. The lowest BCUT2D eigenvalue weighted by molar-refractivity contribution is 0.133. The Morgan fingerprint density at radius 1 is 1.82 bits per heavy atom. The van der Waals surface area contributed by atoms with E-state index in [0.717, 1.165) is 0 Å². The van der Waals surface area contributed by atoms with Gasteiger partial charge < -0.3 is 14.5 Å². The Kier molecular flexibility index (Phi) is 4.04. The van der Waals surface area contributed by atoms with Gasteiger partial charge in [-0.25, -0.2) is 11.4 Å². The number of hydrogen-bond donors (Lipinski definition) is 0. The van der Waals surface area contributed by atoms with Crippen molar-refractivity contribution < 1.29 is 9.53 Å². The van der Waals surface area contributed by atoms with E-state index in [9.17, 15) is 4.79 Å². The van der Waals surface area contributed by atoms with Crippen LogP contribution >= 0.6 is 0 Å². The van der Waals surface area contributed by atoms with Crippen molar-refractivity contribution in [2.24, 2.45) is 0 Å². The molecule has 0 saturated carbocycles. The molecule has 0 aliphatic heterocycles. The van der Waals surface area contributed by atoms with E-state index >= 15 is 0 Å². The fourth-order valence-corrected chi connectivity index (χ4v) is 0.668. The second-order valence-corrected chi connectivity index (χ2v) is 2.33. The monoisotopic (exact) mass is 156 g/mol. The molecule has 0 radical (unpaired) electrons. The lowest BCUT2D eigenvalue weighted by Gasteiger charge is -2.13. The molecule has 0 heterocycles. The minimum absolute atomic E-state index is 0.168. The molecule has 0 N–H and O–H groups in total. The summed E-state index contributed by atoms with van der Waals surface area (Å²) in [5.74, 6) is 0. The SMILES string of the molecule is [C-]#[N+]C(C)CN(C)C(=O)OC. The van der Waals surface area contributed by atoms with Gasteiger partial charge >= 0.3 is 6.09 Å². The van der Waals surface area contributed by atoms with Crippen LogP contribution in [0.15, 0.2) is 0 Å². The smallest absolute Gasteiger partial charge is 0.409 e. The van der Waals surface area contributed by atoms with Gasteiger partial charge in [0.1, 0.15) is 0 Å². The second-order valence-electron chi connectivity index (χ2n) is 2.33. The molecular formula is C7H12N2O2. The highest BCUT2D eigenvalue weighted by molar-refractivity contribution is 5.66. The Morgan fingerprint density at radius 3 is 2.73 bits per heavy atom. The maximum absolute atomic E-state index is 10.8. The average molecular weight is 156 g/mol. The number of methoxy groups -OCH3 is 1. The van der Waals surface area contributed by atoms with E-state index in [1.165, 1.54) is 12.0 Å². The molecule has 0 aliphatic carbocycles. The fraction of sp³-hybridized carbons (Fsp3) is 0.714. The predicted octanol–water partition coefficient (Wildman–Crippen LogP) is 0.992. The highest BCUT2D eigenvalue weighted by Gasteiger charge is 2.13. The molecule has 0 saturated heterocycles. The van der Waals surface area contributed by atoms with Crippen molar-refractivity contribution in [3.05, 3.63) is 11.4 Å². The van der Waals surface area contributed by atoms with Crippen LogP contribution in [-0.4, -0.2) is 37.7 Å². The van der Waals surface area contributed by atoms with Crippen molar-refractivity contribution in [1.29, 1.82) is 0 Å². The summed E-state index contributed by atoms with van der Waals surface area (Å²) in [6.07, 6.45) is -0.402. The Morgan fingerprint density at radius 2 is 2.36 bits per heavy atom. The number of carbonyl (C=O) groups is 1. The number of likely N-dealkylation sites (N-methyl/N-ethyl adjacent to an activating group) is 1. The normalized spacial score (nSPS) is 11.5. The van der Waals surface area contributed by atoms with Crippen LogP contribution in [-0.2, 0) is 4.74 Å². The number of hydrogen-bond acceptors (Lipinski definition) is 2. The first-order valence-electron chi connectivity index (χ1n) is 3.27. The number of ether oxygens (including phenoxy) is 1. The molecule has 0 fully saturated rings. The van der Waals surface area contributed by atoms with Crippen molar-refractivity contribution in [3.63, 3.8) is 0 Å². The summed E-state index contributed by atoms with van der Waals surface area (Å²) in [6.45, 7) is 8.82. The van der Waals surface area contributed by atoms with Gasteiger partial charge in [-0.15, -0.1) is 0 Å². The zero-order chi connectivity index (χ0) is 8.85. The number of rotatable bonds is 2. The summed E-state index contributed by atoms with van der Waals surface area (Å²) < 4.78 is 4.44. The van der Waals surface area contributed by atoms with E-state index < -0.39 is 6.09 Å². The van der Waals surface area contributed by atoms with Gasteiger partial charge in [-0.2, -0.15) is 0 Å². The van der Waals surface area contributed by atoms with E-state index in [4.69, 9.17) is 6.57 Å². The molecule has 62 valence electrons. The van der Waals surface area contributed by atoms with E-state index in [-0.39, 0.29) is 6.04 Å². The number of carbonyl (C=O) groups excluding carboxylic acids is 1. The summed E-state index contributed by atoms with van der Waals surface area (Å²) in [5, 5.41) is 0. The number of amides is 1. The lowest BCUT2D eigenvalue weighted by Crippen LogP contribution is -2.31. The van der Waals surface area contributed by atoms with Crippen LogP contribution in [0.2, 0.25) is 0 Å². The zero-order valence-electron chi connectivity index (χ0n) is 7.00. The second kappa shape index (κ2) is 4.56. The Labute approximate surface area is 66.6 Å². The van der Waals surface area contributed by atoms with Crippen LogP contribution in [0.5, 0.6) is 0 Å². The molecule has 0 aliphatic rings. The van der Waals surface area contributed by atoms with Gasteiger partial charge in [-0.1, -0.05) is 0 Å². The summed E-state index contributed by atoms with van der Waals surface area (Å²) in [6, 6.07) is -0.168. The van der Waals surface area contributed by atoms with E-state index in [2.05, 4.69) is 9.58 Å². The van der Waals surface area contributed by atoms with Gasteiger partial charge in [-0.05, 0) is 0 Å². The molecule has 11 heavy (non-hydrogen) atoms. The first-order valence-corrected chi connectivity index (χ1v) is 3.27. The summed E-state index contributed by atoms with van der Waals surface area (Å²) in [4.78, 5) is 15.4. The van der Waals surface area contributed by atoms with Gasteiger partial charge in [-0.3, -0.25) is 0 Å². The van der Waals surface area contributed by atoms with Crippen LogP contribution in [0, 0.1) is 6.57 Å². The van der Waals surface area contributed by atoms with Crippen LogP contribution in [0.3, 0.4) is 0 Å². The largest absolute Gasteiger partial charge is 0.453 e. The topological polar surface area (TPSA) is 33.9 Å². The van der Waals surface area contributed by atoms with Crippen molar-refractivity contribution >= 4 is 6.09 Å². The number of nitrogens with zero attached hydrogens (tertiary/aromatic N) is 2. The molecule has 1 amide bonds. The third-order valence-electron chi connectivity index (χ3n) is 1.24. The third-order valence-corrected chi connectivity index (χ3v) is 1.24. The molecular weight excluding hydrogens is 144 g/mol. The van der Waals surface area contributed by atoms with Crippen molar-refractivity contribution in [3.8, 4) is 0 Å². The summed E-state index contributed by atoms with van der Waals surface area (Å²) in [7, 11) is 2.93. The quantitative estimate of drug-likeness (QED) is 0.559. The van der Waals surface area contributed by atoms with Gasteiger partial charge in [0.15, 0.2) is 0 Å². The van der Waals surface area contributed by atoms with Gasteiger partial charge in [0.2, 0.25) is 6.04 Å². The first-order chi connectivity index (χ1) is 5.11. The highest BCUT2D eigenvalue weighted by atomic mass is 16.5. The van der Waals surface area contributed by atoms with Crippen LogP contribution < -0.4 is 0 Å². The van der Waals surface area contributed by atoms with Crippen LogP contribution in [0.4, 0.5) is 4.79 Å². The van der Waals surface area contributed by atoms with Crippen LogP contribution in [0.1, 0.15) is 6.92 Å². The molecule has 0 rings (SSSR count). The first kappa shape index (κ1) is 9.76. The van der Waals surface area contributed by atoms with Crippen molar-refractivity contribution in [2.45, 2.75) is 13.0 Å². The minimum atomic E-state index is -0.402. The van der Waals surface area contributed by atoms with Gasteiger partial charge in [0, 0.05) is 14.0 Å². The molecule has 0 spiro atoms. The molecule has 4 nitrogen and oxygen atoms in total. The molecule has 0 bridgehead atoms. The Bertz CT molecular complexity index is 174. The fourth-order valence-electron chi connectivity index (χ4n) is 0.668. The minimum Gasteiger partial charge on any atom is -0.453 e. The molecule has 4 heteroatoms. The van der Waals surface area contributed by atoms with Crippen molar-refractivity contribution in [2.75, 3.05) is 20.7 Å². The molecule has 1 unspecified atom stereocenters. The van der Waals surface area contributed by atoms with Gasteiger partial charge in [0.05, 0.1) is 13.7 Å². The van der Waals surface area contributed by atoms with E-state index in [1.54, 1.807) is 14.0 Å². The third kappa shape index (κ3) is 3.46. The van der Waals surface area contributed by atoms with E-state index in [0.29, 0.717) is 6.54 Å². The van der Waals surface area contributed by atoms with Crippen molar-refractivity contribution in [1.82, 2.24) is 4.90 Å². The Hall–Kier alpha value is -1.24. The highest BCUT2D eigenvalue weighted by Crippen LogP contribution is 1.94. The molecule has 0 aromatic rings. The molecule has 0 aromatic carbocycles. The Balaban J connectivity index is 3.79. The summed E-state index contributed by atoms with van der Waals surface area (Å²) in [5.41, 5.74) is 0.